The normalized spacial score (nSPS) is 49.0. The van der Waals surface area contributed by atoms with Crippen LogP contribution in [0.25, 0.3) is 0 Å². The van der Waals surface area contributed by atoms with Gasteiger partial charge >= 0.3 is 5.97 Å². The quantitative estimate of drug-likeness (QED) is 0.374. The van der Waals surface area contributed by atoms with Crippen molar-refractivity contribution in [2.45, 2.75) is 119 Å². The van der Waals surface area contributed by atoms with Gasteiger partial charge in [-0.3, -0.25) is 9.59 Å². The highest BCUT2D eigenvalue weighted by molar-refractivity contribution is 5.95. The number of rotatable bonds is 1. The molecule has 5 aliphatic rings. The van der Waals surface area contributed by atoms with Gasteiger partial charge in [0, 0.05) is 18.3 Å². The Hall–Kier alpha value is -1.12. The molecule has 0 aromatic rings. The van der Waals surface area contributed by atoms with Crippen LogP contribution in [0.3, 0.4) is 0 Å². The van der Waals surface area contributed by atoms with Crippen LogP contribution >= 0.6 is 0 Å². The summed E-state index contributed by atoms with van der Waals surface area (Å²) in [5.41, 5.74) is 2.06. The van der Waals surface area contributed by atoms with Gasteiger partial charge in [0.15, 0.2) is 5.78 Å². The molecule has 5 rings (SSSR count). The zero-order valence-electron chi connectivity index (χ0n) is 23.1. The van der Waals surface area contributed by atoms with Crippen LogP contribution in [0, 0.1) is 50.7 Å². The molecule has 0 aromatic heterocycles. The molecule has 4 saturated carbocycles. The number of carbonyl (C=O) groups is 2. The van der Waals surface area contributed by atoms with E-state index in [1.807, 2.05) is 0 Å². The molecule has 0 spiro atoms. The Morgan fingerprint density at radius 1 is 0.853 bits per heavy atom. The molecule has 8 atom stereocenters. The van der Waals surface area contributed by atoms with Gasteiger partial charge in [-0.05, 0) is 96.9 Å². The van der Waals surface area contributed by atoms with Gasteiger partial charge in [0.2, 0.25) is 0 Å². The van der Waals surface area contributed by atoms with Crippen LogP contribution in [0.1, 0.15) is 113 Å². The van der Waals surface area contributed by atoms with E-state index in [4.69, 9.17) is 4.74 Å². The Kier molecular flexibility index (Phi) is 5.38. The maximum Gasteiger partial charge on any atom is 0.302 e. The minimum atomic E-state index is -0.146. The second-order valence-electron chi connectivity index (χ2n) is 14.9. The molecule has 0 amide bonds. The number of allylic oxidation sites excluding steroid dienone is 2. The smallest absolute Gasteiger partial charge is 0.302 e. The van der Waals surface area contributed by atoms with E-state index in [-0.39, 0.29) is 45.1 Å². The maximum atomic E-state index is 13.8. The first-order valence-corrected chi connectivity index (χ1v) is 14.1. The van der Waals surface area contributed by atoms with E-state index in [1.165, 1.54) is 37.7 Å². The summed E-state index contributed by atoms with van der Waals surface area (Å²) in [4.78, 5) is 25.6. The van der Waals surface area contributed by atoms with Crippen molar-refractivity contribution >= 4 is 11.8 Å². The van der Waals surface area contributed by atoms with E-state index in [0.29, 0.717) is 23.5 Å². The number of ketones is 1. The second kappa shape index (κ2) is 7.45. The lowest BCUT2D eigenvalue weighted by molar-refractivity contribution is -0.195. The van der Waals surface area contributed by atoms with E-state index in [1.54, 1.807) is 6.92 Å². The number of hydrogen-bond donors (Lipinski definition) is 0. The highest BCUT2D eigenvalue weighted by atomic mass is 16.5. The molecule has 190 valence electrons. The van der Waals surface area contributed by atoms with Gasteiger partial charge in [0.25, 0.3) is 0 Å². The van der Waals surface area contributed by atoms with Crippen LogP contribution < -0.4 is 0 Å². The van der Waals surface area contributed by atoms with Crippen LogP contribution in [0.2, 0.25) is 0 Å². The third kappa shape index (κ3) is 3.13. The molecule has 0 aromatic carbocycles. The van der Waals surface area contributed by atoms with Crippen molar-refractivity contribution in [3.05, 3.63) is 11.6 Å². The van der Waals surface area contributed by atoms with Crippen LogP contribution in [-0.2, 0) is 14.3 Å². The lowest BCUT2D eigenvalue weighted by Crippen LogP contribution is -2.63. The summed E-state index contributed by atoms with van der Waals surface area (Å²) in [6.45, 7) is 18.5. The van der Waals surface area contributed by atoms with Gasteiger partial charge < -0.3 is 4.74 Å². The van der Waals surface area contributed by atoms with Gasteiger partial charge in [0.1, 0.15) is 6.10 Å². The van der Waals surface area contributed by atoms with Crippen LogP contribution in [0.15, 0.2) is 11.6 Å². The van der Waals surface area contributed by atoms with E-state index < -0.39 is 0 Å². The predicted octanol–water partition coefficient (Wildman–Crippen LogP) is 7.53. The molecule has 3 heteroatoms. The number of ether oxygens (including phenoxy) is 1. The van der Waals surface area contributed by atoms with Gasteiger partial charge in [-0.1, -0.05) is 60.5 Å². The van der Waals surface area contributed by atoms with Crippen molar-refractivity contribution in [3.8, 4) is 0 Å². The lowest BCUT2D eigenvalue weighted by Gasteiger charge is -2.68. The third-order valence-corrected chi connectivity index (χ3v) is 12.4. The van der Waals surface area contributed by atoms with Crippen LogP contribution in [0.5, 0.6) is 0 Å². The van der Waals surface area contributed by atoms with Gasteiger partial charge in [-0.25, -0.2) is 0 Å². The summed E-state index contributed by atoms with van der Waals surface area (Å²) >= 11 is 0. The summed E-state index contributed by atoms with van der Waals surface area (Å²) in [6, 6.07) is 0. The summed E-state index contributed by atoms with van der Waals surface area (Å²) in [7, 11) is 0. The van der Waals surface area contributed by atoms with Gasteiger partial charge in [-0.2, -0.15) is 0 Å². The molecule has 4 fully saturated rings. The third-order valence-electron chi connectivity index (χ3n) is 12.4. The topological polar surface area (TPSA) is 43.4 Å². The SMILES string of the molecule is CC(=O)OC1CCC2(C)C3CCC4C(=CC(=O)C5C(C)(C)CCCC45C)C3(C)CCC2C1(C)C. The fourth-order valence-electron chi connectivity index (χ4n) is 11.2. The molecule has 5 aliphatic carbocycles. The van der Waals surface area contributed by atoms with Crippen molar-refractivity contribution in [1.29, 1.82) is 0 Å². The molecule has 0 heterocycles. The van der Waals surface area contributed by atoms with E-state index in [2.05, 4.69) is 54.5 Å². The molecular formula is C31H48O3. The molecular weight excluding hydrogens is 420 g/mol. The average molecular weight is 469 g/mol. The fourth-order valence-corrected chi connectivity index (χ4v) is 11.2. The minimum absolute atomic E-state index is 0.0158. The maximum absolute atomic E-state index is 13.8. The highest BCUT2D eigenvalue weighted by Crippen LogP contribution is 2.72. The first kappa shape index (κ1) is 24.6. The van der Waals surface area contributed by atoms with Gasteiger partial charge in [0.05, 0.1) is 0 Å². The Bertz CT molecular complexity index is 927. The molecule has 3 nitrogen and oxygen atoms in total. The second-order valence-corrected chi connectivity index (χ2v) is 14.9. The van der Waals surface area contributed by atoms with E-state index >= 15 is 0 Å². The number of fused-ring (bicyclic) bond motifs is 7. The lowest BCUT2D eigenvalue weighted by atomic mass is 9.36. The van der Waals surface area contributed by atoms with Crippen LogP contribution in [0.4, 0.5) is 0 Å². The van der Waals surface area contributed by atoms with Crippen molar-refractivity contribution in [3.63, 3.8) is 0 Å². The average Bonchev–Trinajstić information content (AvgIpc) is 2.69. The van der Waals surface area contributed by atoms with Crippen molar-refractivity contribution in [1.82, 2.24) is 0 Å². The molecule has 0 saturated heterocycles. The molecule has 34 heavy (non-hydrogen) atoms. The first-order valence-electron chi connectivity index (χ1n) is 14.1. The predicted molar refractivity (Wildman–Crippen MR) is 136 cm³/mol. The van der Waals surface area contributed by atoms with E-state index in [9.17, 15) is 9.59 Å². The molecule has 0 bridgehead atoms. The Morgan fingerprint density at radius 2 is 1.56 bits per heavy atom. The summed E-state index contributed by atoms with van der Waals surface area (Å²) in [5.74, 6) is 2.15. The van der Waals surface area contributed by atoms with Crippen molar-refractivity contribution in [2.24, 2.45) is 50.7 Å². The highest BCUT2D eigenvalue weighted by Gasteiger charge is 2.66. The standard InChI is InChI=1S/C31H48O3/c1-19(32)34-25-13-17-31(8)23(28(25,4)5)12-16-29(6)21-18-22(33)26-27(2,3)14-9-15-30(26,7)20(21)10-11-24(29)31/h18,20,23-26H,9-17H2,1-8H3. The summed E-state index contributed by atoms with van der Waals surface area (Å²) < 4.78 is 5.86. The minimum Gasteiger partial charge on any atom is -0.462 e. The number of hydrogen-bond acceptors (Lipinski definition) is 3. The summed E-state index contributed by atoms with van der Waals surface area (Å²) in [6.07, 6.45) is 12.7. The van der Waals surface area contributed by atoms with Crippen molar-refractivity contribution < 1.29 is 14.3 Å². The van der Waals surface area contributed by atoms with Gasteiger partial charge in [-0.15, -0.1) is 0 Å². The molecule has 0 radical (unpaired) electrons. The number of carbonyl (C=O) groups excluding carboxylic acids is 2. The van der Waals surface area contributed by atoms with Crippen molar-refractivity contribution in [2.75, 3.05) is 0 Å². The fraction of sp³-hybridized carbons (Fsp3) is 0.871. The largest absolute Gasteiger partial charge is 0.462 e. The zero-order chi connectivity index (χ0) is 24.9. The first-order chi connectivity index (χ1) is 15.7. The van der Waals surface area contributed by atoms with E-state index in [0.717, 1.165) is 25.7 Å². The monoisotopic (exact) mass is 468 g/mol. The van der Waals surface area contributed by atoms with Crippen LogP contribution in [-0.4, -0.2) is 17.9 Å². The Balaban J connectivity index is 1.53. The molecule has 0 N–H and O–H groups in total. The Morgan fingerprint density at radius 3 is 2.24 bits per heavy atom. The Labute approximate surface area is 207 Å². The molecule has 0 aliphatic heterocycles. The zero-order valence-corrected chi connectivity index (χ0v) is 23.1. The summed E-state index contributed by atoms with van der Waals surface area (Å²) in [5, 5.41) is 0. The molecule has 8 unspecified atom stereocenters. The number of esters is 1.